The molecule has 1 aromatic carbocycles. The van der Waals surface area contributed by atoms with Crippen LogP contribution in [-0.4, -0.2) is 17.4 Å². The molecule has 2 rings (SSSR count). The molecule has 14 heavy (non-hydrogen) atoms. The van der Waals surface area contributed by atoms with E-state index in [0.717, 1.165) is 5.52 Å². The zero-order chi connectivity index (χ0) is 9.97. The Morgan fingerprint density at radius 2 is 2.36 bits per heavy atom. The molecule has 0 bridgehead atoms. The third-order valence-electron chi connectivity index (χ3n) is 1.70. The predicted octanol–water partition coefficient (Wildman–Crippen LogP) is 2.47. The molecule has 2 aromatic rings. The van der Waals surface area contributed by atoms with Crippen LogP contribution in [0.2, 0.25) is 0 Å². The van der Waals surface area contributed by atoms with Crippen molar-refractivity contribution < 1.29 is 8.81 Å². The highest BCUT2D eigenvalue weighted by molar-refractivity contribution is 7.99. The van der Waals surface area contributed by atoms with Crippen LogP contribution in [0.5, 0.6) is 0 Å². The maximum absolute atomic E-state index is 11.9. The lowest BCUT2D eigenvalue weighted by atomic mass is 10.3. The zero-order valence-electron chi connectivity index (χ0n) is 7.37. The van der Waals surface area contributed by atoms with Gasteiger partial charge in [0, 0.05) is 17.5 Å². The number of nitrogens with zero attached hydrogens (tertiary/aromatic N) is 1. The van der Waals surface area contributed by atoms with Gasteiger partial charge in [-0.1, -0.05) is 11.8 Å². The Morgan fingerprint density at radius 1 is 1.50 bits per heavy atom. The van der Waals surface area contributed by atoms with Crippen molar-refractivity contribution in [1.82, 2.24) is 4.98 Å². The molecule has 0 unspecified atom stereocenters. The van der Waals surface area contributed by atoms with Gasteiger partial charge in [-0.15, -0.1) is 0 Å². The van der Waals surface area contributed by atoms with E-state index < -0.39 is 0 Å². The van der Waals surface area contributed by atoms with Gasteiger partial charge in [0.2, 0.25) is 0 Å². The molecule has 0 atom stereocenters. The molecule has 74 valence electrons. The van der Waals surface area contributed by atoms with Crippen molar-refractivity contribution in [2.75, 3.05) is 18.2 Å². The quantitative estimate of drug-likeness (QED) is 0.627. The molecule has 0 aliphatic rings. The number of hydrogen-bond acceptors (Lipinski definition) is 4. The van der Waals surface area contributed by atoms with Gasteiger partial charge in [-0.25, -0.2) is 4.98 Å². The zero-order valence-corrected chi connectivity index (χ0v) is 8.18. The fourth-order valence-electron chi connectivity index (χ4n) is 1.11. The van der Waals surface area contributed by atoms with Crippen LogP contribution in [0.15, 0.2) is 27.8 Å². The minimum absolute atomic E-state index is 0.363. The third-order valence-corrected chi connectivity index (χ3v) is 2.48. The molecule has 0 amide bonds. The molecule has 5 heteroatoms. The van der Waals surface area contributed by atoms with E-state index in [0.29, 0.717) is 22.2 Å². The van der Waals surface area contributed by atoms with Crippen molar-refractivity contribution in [3.63, 3.8) is 0 Å². The first kappa shape index (κ1) is 9.33. The molecular formula is C9H9FN2OS. The summed E-state index contributed by atoms with van der Waals surface area (Å²) in [5.74, 6) is 0.363. The molecule has 2 N–H and O–H groups in total. The number of anilines is 1. The number of oxazole rings is 1. The van der Waals surface area contributed by atoms with Gasteiger partial charge >= 0.3 is 0 Å². The molecule has 1 heterocycles. The molecule has 3 nitrogen and oxygen atoms in total. The SMILES string of the molecule is Nc1ccc2nc(SCCF)oc2c1. The van der Waals surface area contributed by atoms with Crippen molar-refractivity contribution in [2.24, 2.45) is 0 Å². The summed E-state index contributed by atoms with van der Waals surface area (Å²) in [7, 11) is 0. The smallest absolute Gasteiger partial charge is 0.256 e. The van der Waals surface area contributed by atoms with E-state index in [4.69, 9.17) is 10.2 Å². The van der Waals surface area contributed by atoms with Gasteiger partial charge in [0.1, 0.15) is 5.52 Å². The second-order valence-electron chi connectivity index (χ2n) is 2.74. The Balaban J connectivity index is 2.32. The molecular weight excluding hydrogens is 203 g/mol. The summed E-state index contributed by atoms with van der Waals surface area (Å²) >= 11 is 1.26. The molecule has 0 spiro atoms. The highest BCUT2D eigenvalue weighted by atomic mass is 32.2. The van der Waals surface area contributed by atoms with Crippen molar-refractivity contribution in [3.05, 3.63) is 18.2 Å². The summed E-state index contributed by atoms with van der Waals surface area (Å²) in [6.07, 6.45) is 0. The molecule has 0 radical (unpaired) electrons. The molecule has 1 aromatic heterocycles. The molecule has 0 fully saturated rings. The van der Waals surface area contributed by atoms with Crippen LogP contribution in [0.1, 0.15) is 0 Å². The van der Waals surface area contributed by atoms with Gasteiger partial charge in [-0.05, 0) is 12.1 Å². The molecule has 0 aliphatic carbocycles. The Hall–Kier alpha value is -1.23. The lowest BCUT2D eigenvalue weighted by Gasteiger charge is -1.89. The normalized spacial score (nSPS) is 10.9. The lowest BCUT2D eigenvalue weighted by molar-refractivity contribution is 0.486. The highest BCUT2D eigenvalue weighted by Crippen LogP contribution is 2.24. The number of nitrogen functional groups attached to an aromatic ring is 1. The Labute approximate surface area is 84.5 Å². The minimum Gasteiger partial charge on any atom is -0.431 e. The first-order valence-corrected chi connectivity index (χ1v) is 5.13. The first-order chi connectivity index (χ1) is 6.79. The third kappa shape index (κ3) is 1.82. The second-order valence-corrected chi connectivity index (χ2v) is 3.79. The standard InChI is InChI=1S/C9H9FN2OS/c10-3-4-14-9-12-7-2-1-6(11)5-8(7)13-9/h1-2,5H,3-4,11H2. The van der Waals surface area contributed by atoms with E-state index in [-0.39, 0.29) is 6.67 Å². The monoisotopic (exact) mass is 212 g/mol. The highest BCUT2D eigenvalue weighted by Gasteiger charge is 2.05. The van der Waals surface area contributed by atoms with Crippen molar-refractivity contribution >= 4 is 28.5 Å². The van der Waals surface area contributed by atoms with Crippen LogP contribution in [0, 0.1) is 0 Å². The molecule has 0 saturated heterocycles. The second kappa shape index (κ2) is 3.88. The molecule has 0 saturated carbocycles. The summed E-state index contributed by atoms with van der Waals surface area (Å²) in [6, 6.07) is 5.25. The number of fused-ring (bicyclic) bond motifs is 1. The summed E-state index contributed by atoms with van der Waals surface area (Å²) < 4.78 is 17.2. The molecule has 0 aliphatic heterocycles. The summed E-state index contributed by atoms with van der Waals surface area (Å²) in [4.78, 5) is 4.17. The fourth-order valence-corrected chi connectivity index (χ4v) is 1.67. The van der Waals surface area contributed by atoms with Crippen LogP contribution >= 0.6 is 11.8 Å². The number of alkyl halides is 1. The number of rotatable bonds is 3. The topological polar surface area (TPSA) is 52.0 Å². The largest absolute Gasteiger partial charge is 0.431 e. The fraction of sp³-hybridized carbons (Fsp3) is 0.222. The van der Waals surface area contributed by atoms with Crippen LogP contribution in [0.25, 0.3) is 11.1 Å². The van der Waals surface area contributed by atoms with Crippen LogP contribution in [0.4, 0.5) is 10.1 Å². The Kier molecular flexibility index (Phi) is 2.58. The van der Waals surface area contributed by atoms with Crippen molar-refractivity contribution in [2.45, 2.75) is 5.22 Å². The van der Waals surface area contributed by atoms with Gasteiger partial charge in [0.15, 0.2) is 5.58 Å². The maximum atomic E-state index is 11.9. The van der Waals surface area contributed by atoms with Crippen molar-refractivity contribution in [1.29, 1.82) is 0 Å². The van der Waals surface area contributed by atoms with Gasteiger partial charge < -0.3 is 10.2 Å². The number of hydrogen-bond donors (Lipinski definition) is 1. The van der Waals surface area contributed by atoms with E-state index >= 15 is 0 Å². The number of thioether (sulfide) groups is 1. The van der Waals surface area contributed by atoms with Gasteiger partial charge in [0.25, 0.3) is 5.22 Å². The lowest BCUT2D eigenvalue weighted by Crippen LogP contribution is -1.81. The maximum Gasteiger partial charge on any atom is 0.256 e. The average Bonchev–Trinajstić information content (AvgIpc) is 2.56. The number of aromatic nitrogens is 1. The van der Waals surface area contributed by atoms with Crippen LogP contribution < -0.4 is 5.73 Å². The van der Waals surface area contributed by atoms with E-state index in [9.17, 15) is 4.39 Å². The number of nitrogens with two attached hydrogens (primary N) is 1. The van der Waals surface area contributed by atoms with E-state index in [1.165, 1.54) is 11.8 Å². The van der Waals surface area contributed by atoms with Gasteiger partial charge in [-0.2, -0.15) is 0 Å². The van der Waals surface area contributed by atoms with Gasteiger partial charge in [-0.3, -0.25) is 4.39 Å². The van der Waals surface area contributed by atoms with E-state index in [2.05, 4.69) is 4.98 Å². The first-order valence-electron chi connectivity index (χ1n) is 4.14. The van der Waals surface area contributed by atoms with Gasteiger partial charge in [0.05, 0.1) is 6.67 Å². The predicted molar refractivity (Wildman–Crippen MR) is 55.1 cm³/mol. The Bertz CT molecular complexity index is 443. The summed E-state index contributed by atoms with van der Waals surface area (Å²) in [5.41, 5.74) is 7.61. The van der Waals surface area contributed by atoms with E-state index in [1.54, 1.807) is 18.2 Å². The van der Waals surface area contributed by atoms with Crippen LogP contribution in [0.3, 0.4) is 0 Å². The minimum atomic E-state index is -0.383. The number of halogens is 1. The van der Waals surface area contributed by atoms with E-state index in [1.807, 2.05) is 0 Å². The van der Waals surface area contributed by atoms with Crippen molar-refractivity contribution in [3.8, 4) is 0 Å². The van der Waals surface area contributed by atoms with Crippen LogP contribution in [-0.2, 0) is 0 Å². The summed E-state index contributed by atoms with van der Waals surface area (Å²) in [5, 5.41) is 0.489. The summed E-state index contributed by atoms with van der Waals surface area (Å²) in [6.45, 7) is -0.383. The average molecular weight is 212 g/mol. The number of benzene rings is 1. The Morgan fingerprint density at radius 3 is 3.14 bits per heavy atom.